The lowest BCUT2D eigenvalue weighted by molar-refractivity contribution is 0.109. The second-order valence-electron chi connectivity index (χ2n) is 5.76. The van der Waals surface area contributed by atoms with Crippen LogP contribution in [0, 0.1) is 25.2 Å². The summed E-state index contributed by atoms with van der Waals surface area (Å²) in [6.45, 7) is 10.4. The summed E-state index contributed by atoms with van der Waals surface area (Å²) in [4.78, 5) is 4.66. The first-order valence-corrected chi connectivity index (χ1v) is 7.84. The van der Waals surface area contributed by atoms with Crippen LogP contribution in [0.15, 0.2) is 0 Å². The molecule has 0 saturated carbocycles. The minimum atomic E-state index is 0.457. The van der Waals surface area contributed by atoms with Crippen LogP contribution in [0.3, 0.4) is 0 Å². The van der Waals surface area contributed by atoms with Crippen LogP contribution >= 0.6 is 0 Å². The van der Waals surface area contributed by atoms with Gasteiger partial charge in [0.25, 0.3) is 0 Å². The molecule has 0 amide bonds. The first-order chi connectivity index (χ1) is 10.6. The van der Waals surface area contributed by atoms with Crippen molar-refractivity contribution in [3.63, 3.8) is 0 Å². The smallest absolute Gasteiger partial charge is 0.169 e. The number of methoxy groups -OCH3 is 1. The van der Waals surface area contributed by atoms with Crippen molar-refractivity contribution >= 4 is 5.82 Å². The number of nitriles is 1. The van der Waals surface area contributed by atoms with Crippen LogP contribution in [0.1, 0.15) is 30.2 Å². The summed E-state index contributed by atoms with van der Waals surface area (Å²) in [5.41, 5.74) is 2.42. The summed E-state index contributed by atoms with van der Waals surface area (Å²) in [5.74, 6) is 0.732. The topological polar surface area (TPSA) is 65.3 Å². The van der Waals surface area contributed by atoms with Crippen molar-refractivity contribution in [2.45, 2.75) is 33.2 Å². The van der Waals surface area contributed by atoms with Crippen LogP contribution in [0.5, 0.6) is 0 Å². The summed E-state index contributed by atoms with van der Waals surface area (Å²) in [6, 6.07) is 2.76. The number of nitrogens with zero attached hydrogens (tertiary/aromatic N) is 5. The van der Waals surface area contributed by atoms with Gasteiger partial charge < -0.3 is 9.64 Å². The SMILES string of the molecule is CCC1CN(c2nnc(C)c(C)c2C#N)CCN1CCOC. The molecule has 2 heterocycles. The van der Waals surface area contributed by atoms with Gasteiger partial charge in [0.1, 0.15) is 11.6 Å². The largest absolute Gasteiger partial charge is 0.383 e. The average Bonchev–Trinajstić information content (AvgIpc) is 2.55. The Hall–Kier alpha value is -1.71. The van der Waals surface area contributed by atoms with Crippen LogP contribution < -0.4 is 4.90 Å². The van der Waals surface area contributed by atoms with Gasteiger partial charge in [0.15, 0.2) is 5.82 Å². The van der Waals surface area contributed by atoms with Crippen molar-refractivity contribution in [1.82, 2.24) is 15.1 Å². The zero-order valence-corrected chi connectivity index (χ0v) is 14.0. The zero-order valence-electron chi connectivity index (χ0n) is 14.0. The number of ether oxygens (including phenoxy) is 1. The minimum Gasteiger partial charge on any atom is -0.383 e. The molecule has 2 rings (SSSR count). The number of piperazine rings is 1. The Labute approximate surface area is 132 Å². The molecule has 0 bridgehead atoms. The van der Waals surface area contributed by atoms with Crippen LogP contribution in [0.2, 0.25) is 0 Å². The fourth-order valence-electron chi connectivity index (χ4n) is 2.93. The number of anilines is 1. The zero-order chi connectivity index (χ0) is 16.1. The summed E-state index contributed by atoms with van der Waals surface area (Å²) in [7, 11) is 1.74. The van der Waals surface area contributed by atoms with Crippen molar-refractivity contribution in [2.24, 2.45) is 0 Å². The standard InChI is InChI=1S/C16H25N5O/c1-5-14-11-21(7-6-20(14)8-9-22-4)16-15(10-17)12(2)13(3)18-19-16/h14H,5-9,11H2,1-4H3. The highest BCUT2D eigenvalue weighted by Gasteiger charge is 2.28. The van der Waals surface area contributed by atoms with E-state index in [1.165, 1.54) is 0 Å². The Balaban J connectivity index is 2.19. The van der Waals surface area contributed by atoms with Crippen molar-refractivity contribution in [2.75, 3.05) is 44.8 Å². The minimum absolute atomic E-state index is 0.457. The van der Waals surface area contributed by atoms with Crippen LogP contribution in [-0.4, -0.2) is 61.0 Å². The maximum absolute atomic E-state index is 9.47. The number of hydrogen-bond donors (Lipinski definition) is 0. The van der Waals surface area contributed by atoms with Crippen molar-refractivity contribution in [1.29, 1.82) is 5.26 Å². The first-order valence-electron chi connectivity index (χ1n) is 7.84. The van der Waals surface area contributed by atoms with E-state index in [9.17, 15) is 5.26 Å². The molecule has 1 atom stereocenters. The van der Waals surface area contributed by atoms with Crippen LogP contribution in [0.25, 0.3) is 0 Å². The summed E-state index contributed by atoms with van der Waals surface area (Å²) >= 11 is 0. The Morgan fingerprint density at radius 3 is 2.73 bits per heavy atom. The maximum atomic E-state index is 9.47. The Kier molecular flexibility index (Phi) is 5.69. The lowest BCUT2D eigenvalue weighted by atomic mass is 10.1. The molecule has 6 nitrogen and oxygen atoms in total. The lowest BCUT2D eigenvalue weighted by Crippen LogP contribution is -2.54. The molecule has 120 valence electrons. The summed E-state index contributed by atoms with van der Waals surface area (Å²) in [5, 5.41) is 18.0. The van der Waals surface area contributed by atoms with Gasteiger partial charge in [0.2, 0.25) is 0 Å². The molecule has 0 aromatic carbocycles. The summed E-state index contributed by atoms with van der Waals surface area (Å²) in [6.07, 6.45) is 1.07. The summed E-state index contributed by atoms with van der Waals surface area (Å²) < 4.78 is 5.19. The molecule has 6 heteroatoms. The molecule has 1 aromatic rings. The van der Waals surface area contributed by atoms with Crippen LogP contribution in [-0.2, 0) is 4.74 Å². The van der Waals surface area contributed by atoms with Gasteiger partial charge in [-0.2, -0.15) is 10.4 Å². The molecule has 0 radical (unpaired) electrons. The predicted octanol–water partition coefficient (Wildman–Crippen LogP) is 1.51. The van der Waals surface area contributed by atoms with E-state index in [1.54, 1.807) is 7.11 Å². The predicted molar refractivity (Wildman–Crippen MR) is 86.0 cm³/mol. The van der Waals surface area contributed by atoms with Crippen molar-refractivity contribution < 1.29 is 4.74 Å². The van der Waals surface area contributed by atoms with E-state index in [-0.39, 0.29) is 0 Å². The van der Waals surface area contributed by atoms with Crippen LogP contribution in [0.4, 0.5) is 5.82 Å². The second-order valence-corrected chi connectivity index (χ2v) is 5.76. The highest BCUT2D eigenvalue weighted by molar-refractivity contribution is 5.57. The van der Waals surface area contributed by atoms with Gasteiger partial charge in [-0.25, -0.2) is 0 Å². The monoisotopic (exact) mass is 303 g/mol. The maximum Gasteiger partial charge on any atom is 0.169 e. The van der Waals surface area contributed by atoms with Gasteiger partial charge in [0.05, 0.1) is 12.3 Å². The molecule has 1 aliphatic heterocycles. The molecule has 1 fully saturated rings. The highest BCUT2D eigenvalue weighted by atomic mass is 16.5. The van der Waals surface area contributed by atoms with E-state index in [0.29, 0.717) is 11.6 Å². The van der Waals surface area contributed by atoms with Crippen molar-refractivity contribution in [3.8, 4) is 6.07 Å². The number of aryl methyl sites for hydroxylation is 1. The Bertz CT molecular complexity index is 554. The van der Waals surface area contributed by atoms with Gasteiger partial charge in [-0.3, -0.25) is 4.90 Å². The first kappa shape index (κ1) is 16.7. The third kappa shape index (κ3) is 3.37. The van der Waals surface area contributed by atoms with E-state index >= 15 is 0 Å². The number of hydrogen-bond acceptors (Lipinski definition) is 6. The lowest BCUT2D eigenvalue weighted by Gasteiger charge is -2.41. The van der Waals surface area contributed by atoms with E-state index in [2.05, 4.69) is 33.0 Å². The third-order valence-corrected chi connectivity index (χ3v) is 4.51. The molecule has 1 unspecified atom stereocenters. The fraction of sp³-hybridized carbons (Fsp3) is 0.688. The van der Waals surface area contributed by atoms with E-state index in [0.717, 1.165) is 56.3 Å². The Morgan fingerprint density at radius 2 is 2.09 bits per heavy atom. The van der Waals surface area contributed by atoms with Crippen molar-refractivity contribution in [3.05, 3.63) is 16.8 Å². The molecule has 1 saturated heterocycles. The van der Waals surface area contributed by atoms with E-state index < -0.39 is 0 Å². The number of rotatable bonds is 5. The molecular formula is C16H25N5O. The van der Waals surface area contributed by atoms with Gasteiger partial charge in [0, 0.05) is 39.3 Å². The normalized spacial score (nSPS) is 19.2. The molecule has 1 aromatic heterocycles. The Morgan fingerprint density at radius 1 is 1.32 bits per heavy atom. The average molecular weight is 303 g/mol. The number of aromatic nitrogens is 2. The molecule has 22 heavy (non-hydrogen) atoms. The van der Waals surface area contributed by atoms with Gasteiger partial charge in [-0.1, -0.05) is 6.92 Å². The van der Waals surface area contributed by atoms with Gasteiger partial charge in [-0.15, -0.1) is 5.10 Å². The second kappa shape index (κ2) is 7.52. The fourth-order valence-corrected chi connectivity index (χ4v) is 2.93. The third-order valence-electron chi connectivity index (χ3n) is 4.51. The molecule has 1 aliphatic rings. The highest BCUT2D eigenvalue weighted by Crippen LogP contribution is 2.24. The van der Waals surface area contributed by atoms with E-state index in [4.69, 9.17) is 4.74 Å². The molecule has 0 N–H and O–H groups in total. The molecule has 0 spiro atoms. The molecule has 0 aliphatic carbocycles. The van der Waals surface area contributed by atoms with E-state index in [1.807, 2.05) is 13.8 Å². The molecular weight excluding hydrogens is 278 g/mol. The van der Waals surface area contributed by atoms with Gasteiger partial charge >= 0.3 is 0 Å². The van der Waals surface area contributed by atoms with Gasteiger partial charge in [-0.05, 0) is 25.8 Å². The quantitative estimate of drug-likeness (QED) is 0.821.